The van der Waals surface area contributed by atoms with Crippen LogP contribution in [0.3, 0.4) is 0 Å². The molecular formula is C15H21N3O3. The molecule has 0 spiro atoms. The molecule has 1 aliphatic carbocycles. The maximum absolute atomic E-state index is 12.0. The van der Waals surface area contributed by atoms with E-state index in [1.807, 2.05) is 0 Å². The number of hydrogen-bond donors (Lipinski definition) is 3. The summed E-state index contributed by atoms with van der Waals surface area (Å²) in [5, 5.41) is 14.5. The summed E-state index contributed by atoms with van der Waals surface area (Å²) in [6.07, 6.45) is 8.13. The molecule has 0 aliphatic heterocycles. The number of rotatable bonds is 3. The van der Waals surface area contributed by atoms with Gasteiger partial charge in [-0.1, -0.05) is 19.8 Å². The van der Waals surface area contributed by atoms with E-state index < -0.39 is 5.97 Å². The standard InChI is InChI=1S/C15H21N3O3/c1-10-3-2-4-12(6-5-10)17-15(21)18-13-7-11(14(19)20)8-16-9-13/h7-10,12H,2-6H2,1H3,(H,19,20)(H2,17,18,21). The molecule has 0 bridgehead atoms. The number of carboxylic acids is 1. The summed E-state index contributed by atoms with van der Waals surface area (Å²) in [5.74, 6) is -0.347. The van der Waals surface area contributed by atoms with Gasteiger partial charge in [-0.05, 0) is 31.2 Å². The highest BCUT2D eigenvalue weighted by atomic mass is 16.4. The molecule has 1 fully saturated rings. The van der Waals surface area contributed by atoms with Gasteiger partial charge in [0.15, 0.2) is 0 Å². The van der Waals surface area contributed by atoms with E-state index in [9.17, 15) is 9.59 Å². The van der Waals surface area contributed by atoms with Crippen LogP contribution in [0.25, 0.3) is 0 Å². The van der Waals surface area contributed by atoms with Crippen LogP contribution < -0.4 is 10.6 Å². The zero-order valence-electron chi connectivity index (χ0n) is 12.1. The molecule has 1 aliphatic rings. The fraction of sp³-hybridized carbons (Fsp3) is 0.533. The Hall–Kier alpha value is -2.11. The Labute approximate surface area is 124 Å². The first-order valence-corrected chi connectivity index (χ1v) is 7.30. The number of urea groups is 1. The minimum absolute atomic E-state index is 0.0519. The third kappa shape index (κ3) is 4.73. The number of carbonyl (C=O) groups excluding carboxylic acids is 1. The molecule has 6 nitrogen and oxygen atoms in total. The monoisotopic (exact) mass is 291 g/mol. The van der Waals surface area contributed by atoms with E-state index >= 15 is 0 Å². The molecule has 3 N–H and O–H groups in total. The number of nitrogens with one attached hydrogen (secondary N) is 2. The average molecular weight is 291 g/mol. The molecule has 114 valence electrons. The minimum atomic E-state index is -1.07. The van der Waals surface area contributed by atoms with Crippen LogP contribution in [0.4, 0.5) is 10.5 Å². The molecule has 0 saturated heterocycles. The molecule has 2 unspecified atom stereocenters. The fourth-order valence-electron chi connectivity index (χ4n) is 2.61. The first-order chi connectivity index (χ1) is 10.0. The lowest BCUT2D eigenvalue weighted by Gasteiger charge is -2.17. The van der Waals surface area contributed by atoms with Crippen LogP contribution in [0.2, 0.25) is 0 Å². The summed E-state index contributed by atoms with van der Waals surface area (Å²) in [6.45, 7) is 2.24. The predicted octanol–water partition coefficient (Wildman–Crippen LogP) is 2.87. The lowest BCUT2D eigenvalue weighted by atomic mass is 10.0. The zero-order chi connectivity index (χ0) is 15.2. The number of hydrogen-bond acceptors (Lipinski definition) is 3. The molecule has 2 rings (SSSR count). The SMILES string of the molecule is CC1CCCC(NC(=O)Nc2cncc(C(=O)O)c2)CC1. The van der Waals surface area contributed by atoms with E-state index in [-0.39, 0.29) is 17.6 Å². The van der Waals surface area contributed by atoms with Gasteiger partial charge in [-0.25, -0.2) is 9.59 Å². The third-order valence-corrected chi connectivity index (χ3v) is 3.84. The lowest BCUT2D eigenvalue weighted by molar-refractivity contribution is 0.0696. The summed E-state index contributed by atoms with van der Waals surface area (Å²) in [4.78, 5) is 26.6. The Morgan fingerprint density at radius 1 is 1.24 bits per heavy atom. The molecule has 6 heteroatoms. The molecule has 0 radical (unpaired) electrons. The van der Waals surface area contributed by atoms with E-state index in [1.165, 1.54) is 24.9 Å². The number of aromatic nitrogens is 1. The molecular weight excluding hydrogens is 270 g/mol. The Morgan fingerprint density at radius 3 is 2.81 bits per heavy atom. The highest BCUT2D eigenvalue weighted by Gasteiger charge is 2.18. The lowest BCUT2D eigenvalue weighted by Crippen LogP contribution is -2.37. The van der Waals surface area contributed by atoms with Gasteiger partial charge < -0.3 is 15.7 Å². The van der Waals surface area contributed by atoms with Crippen LogP contribution in [0, 0.1) is 5.92 Å². The largest absolute Gasteiger partial charge is 0.478 e. The van der Waals surface area contributed by atoms with Crippen molar-refractivity contribution < 1.29 is 14.7 Å². The number of aromatic carboxylic acids is 1. The Balaban J connectivity index is 1.89. The van der Waals surface area contributed by atoms with Crippen molar-refractivity contribution in [3.05, 3.63) is 24.0 Å². The first-order valence-electron chi connectivity index (χ1n) is 7.30. The van der Waals surface area contributed by atoms with Gasteiger partial charge in [0.1, 0.15) is 0 Å². The number of nitrogens with zero attached hydrogens (tertiary/aromatic N) is 1. The Morgan fingerprint density at radius 2 is 2.05 bits per heavy atom. The van der Waals surface area contributed by atoms with E-state index in [0.717, 1.165) is 31.6 Å². The van der Waals surface area contributed by atoms with Gasteiger partial charge in [0, 0.05) is 12.2 Å². The molecule has 1 aromatic heterocycles. The van der Waals surface area contributed by atoms with E-state index in [2.05, 4.69) is 22.5 Å². The highest BCUT2D eigenvalue weighted by Crippen LogP contribution is 2.22. The van der Waals surface area contributed by atoms with Crippen molar-refractivity contribution in [2.24, 2.45) is 5.92 Å². The number of pyridine rings is 1. The van der Waals surface area contributed by atoms with Crippen molar-refractivity contribution in [3.8, 4) is 0 Å². The van der Waals surface area contributed by atoms with Gasteiger partial charge in [-0.2, -0.15) is 0 Å². The second-order valence-corrected chi connectivity index (χ2v) is 5.68. The summed E-state index contributed by atoms with van der Waals surface area (Å²) >= 11 is 0. The Bertz CT molecular complexity index is 519. The van der Waals surface area contributed by atoms with Crippen molar-refractivity contribution in [3.63, 3.8) is 0 Å². The fourth-order valence-corrected chi connectivity index (χ4v) is 2.61. The van der Waals surface area contributed by atoms with Gasteiger partial charge >= 0.3 is 12.0 Å². The number of carboxylic acid groups (broad SMARTS) is 1. The van der Waals surface area contributed by atoms with Crippen molar-refractivity contribution in [2.75, 3.05) is 5.32 Å². The maximum atomic E-state index is 12.0. The molecule has 2 amide bonds. The summed E-state index contributed by atoms with van der Waals surface area (Å²) in [5.41, 5.74) is 0.436. The second kappa shape index (κ2) is 7.06. The number of amides is 2. The molecule has 2 atom stereocenters. The maximum Gasteiger partial charge on any atom is 0.337 e. The van der Waals surface area contributed by atoms with E-state index in [4.69, 9.17) is 5.11 Å². The smallest absolute Gasteiger partial charge is 0.337 e. The van der Waals surface area contributed by atoms with Crippen LogP contribution in [0.5, 0.6) is 0 Å². The van der Waals surface area contributed by atoms with Crippen molar-refractivity contribution in [1.29, 1.82) is 0 Å². The molecule has 0 aromatic carbocycles. The van der Waals surface area contributed by atoms with Gasteiger partial charge in [-0.15, -0.1) is 0 Å². The highest BCUT2D eigenvalue weighted by molar-refractivity contribution is 5.92. The normalized spacial score (nSPS) is 22.1. The molecule has 1 saturated carbocycles. The minimum Gasteiger partial charge on any atom is -0.478 e. The number of anilines is 1. The molecule has 1 heterocycles. The molecule has 21 heavy (non-hydrogen) atoms. The van der Waals surface area contributed by atoms with Crippen molar-refractivity contribution in [2.45, 2.75) is 45.1 Å². The first kappa shape index (κ1) is 15.3. The Kier molecular flexibility index (Phi) is 5.14. The summed E-state index contributed by atoms with van der Waals surface area (Å²) < 4.78 is 0. The van der Waals surface area contributed by atoms with Gasteiger partial charge in [0.25, 0.3) is 0 Å². The van der Waals surface area contributed by atoms with Crippen LogP contribution >= 0.6 is 0 Å². The topological polar surface area (TPSA) is 91.3 Å². The number of carbonyl (C=O) groups is 2. The summed E-state index contributed by atoms with van der Waals surface area (Å²) in [6, 6.07) is 1.27. The van der Waals surface area contributed by atoms with Crippen LogP contribution in [0.1, 0.15) is 49.4 Å². The van der Waals surface area contributed by atoms with E-state index in [1.54, 1.807) is 0 Å². The van der Waals surface area contributed by atoms with E-state index in [0.29, 0.717) is 5.69 Å². The predicted molar refractivity (Wildman–Crippen MR) is 79.4 cm³/mol. The average Bonchev–Trinajstić information content (AvgIpc) is 2.64. The van der Waals surface area contributed by atoms with Crippen LogP contribution in [-0.4, -0.2) is 28.1 Å². The second-order valence-electron chi connectivity index (χ2n) is 5.68. The zero-order valence-corrected chi connectivity index (χ0v) is 12.1. The third-order valence-electron chi connectivity index (χ3n) is 3.84. The van der Waals surface area contributed by atoms with Crippen LogP contribution in [0.15, 0.2) is 18.5 Å². The van der Waals surface area contributed by atoms with Gasteiger partial charge in [0.2, 0.25) is 0 Å². The van der Waals surface area contributed by atoms with Crippen LogP contribution in [-0.2, 0) is 0 Å². The summed E-state index contributed by atoms with van der Waals surface area (Å²) in [7, 11) is 0. The van der Waals surface area contributed by atoms with Crippen molar-refractivity contribution in [1.82, 2.24) is 10.3 Å². The van der Waals surface area contributed by atoms with Crippen molar-refractivity contribution >= 4 is 17.7 Å². The van der Waals surface area contributed by atoms with Gasteiger partial charge in [0.05, 0.1) is 17.4 Å². The van der Waals surface area contributed by atoms with Gasteiger partial charge in [-0.3, -0.25) is 4.98 Å². The quantitative estimate of drug-likeness (QED) is 0.747. The molecule has 1 aromatic rings.